The number of hydrogen-bond donors (Lipinski definition) is 5. The number of nitrogens with one attached hydrogen (secondary N) is 3. The number of nitrogens with two attached hydrogens (primary N) is 2. The third kappa shape index (κ3) is 3.44. The van der Waals surface area contributed by atoms with Crippen molar-refractivity contribution in [2.75, 3.05) is 5.32 Å². The Morgan fingerprint density at radius 2 is 1.43 bits per heavy atom. The molecule has 0 aliphatic rings. The zero-order chi connectivity index (χ0) is 15.4. The van der Waals surface area contributed by atoms with Gasteiger partial charge in [0, 0.05) is 22.4 Å². The molecule has 2 aromatic rings. The number of hydrogen-bond acceptors (Lipinski definition) is 3. The summed E-state index contributed by atoms with van der Waals surface area (Å²) in [6.07, 6.45) is 0. The van der Waals surface area contributed by atoms with E-state index in [4.69, 9.17) is 22.3 Å². The molecular weight excluding hydrogens is 266 g/mol. The van der Waals surface area contributed by atoms with Crippen molar-refractivity contribution in [3.8, 4) is 0 Å². The second-order valence-electron chi connectivity index (χ2n) is 4.44. The van der Waals surface area contributed by atoms with E-state index in [9.17, 15) is 4.79 Å². The van der Waals surface area contributed by atoms with Crippen LogP contribution in [0, 0.1) is 10.8 Å². The molecule has 1 amide bonds. The summed E-state index contributed by atoms with van der Waals surface area (Å²) >= 11 is 0. The van der Waals surface area contributed by atoms with E-state index < -0.39 is 0 Å². The summed E-state index contributed by atoms with van der Waals surface area (Å²) in [5.41, 5.74) is 12.9. The highest BCUT2D eigenvalue weighted by Crippen LogP contribution is 2.12. The summed E-state index contributed by atoms with van der Waals surface area (Å²) in [6, 6.07) is 13.2. The zero-order valence-electron chi connectivity index (χ0n) is 11.2. The van der Waals surface area contributed by atoms with E-state index in [-0.39, 0.29) is 17.6 Å². The van der Waals surface area contributed by atoms with Crippen molar-refractivity contribution in [1.29, 1.82) is 10.8 Å². The van der Waals surface area contributed by atoms with Gasteiger partial charge in [-0.15, -0.1) is 0 Å². The normalized spacial score (nSPS) is 9.90. The maximum atomic E-state index is 12.1. The standard InChI is InChI=1S/C15H15N5O/c16-13(17)9-4-6-10(7-5-9)15(21)20-12-3-1-2-11(8-12)14(18)19/h1-8H,(H3,16,17)(H3,18,19)(H,20,21). The fourth-order valence-electron chi connectivity index (χ4n) is 1.77. The smallest absolute Gasteiger partial charge is 0.255 e. The molecule has 0 aromatic heterocycles. The first kappa shape index (κ1) is 14.3. The van der Waals surface area contributed by atoms with Gasteiger partial charge >= 0.3 is 0 Å². The van der Waals surface area contributed by atoms with Crippen molar-refractivity contribution in [2.24, 2.45) is 11.5 Å². The van der Waals surface area contributed by atoms with Crippen LogP contribution >= 0.6 is 0 Å². The summed E-state index contributed by atoms with van der Waals surface area (Å²) in [5, 5.41) is 17.4. The van der Waals surface area contributed by atoms with Crippen molar-refractivity contribution in [3.05, 3.63) is 65.2 Å². The summed E-state index contributed by atoms with van der Waals surface area (Å²) < 4.78 is 0. The lowest BCUT2D eigenvalue weighted by Crippen LogP contribution is -2.15. The van der Waals surface area contributed by atoms with Gasteiger partial charge in [-0.25, -0.2) is 0 Å². The second-order valence-corrected chi connectivity index (χ2v) is 4.44. The fraction of sp³-hybridized carbons (Fsp3) is 0. The Balaban J connectivity index is 2.16. The average molecular weight is 281 g/mol. The highest BCUT2D eigenvalue weighted by atomic mass is 16.1. The maximum absolute atomic E-state index is 12.1. The average Bonchev–Trinajstić information content (AvgIpc) is 2.47. The largest absolute Gasteiger partial charge is 0.384 e. The number of anilines is 1. The number of amidine groups is 2. The van der Waals surface area contributed by atoms with Gasteiger partial charge < -0.3 is 16.8 Å². The first-order valence-corrected chi connectivity index (χ1v) is 6.17. The van der Waals surface area contributed by atoms with E-state index in [1.165, 1.54) is 0 Å². The Kier molecular flexibility index (Phi) is 3.99. The third-order valence-electron chi connectivity index (χ3n) is 2.89. The van der Waals surface area contributed by atoms with Crippen molar-refractivity contribution >= 4 is 23.3 Å². The molecule has 21 heavy (non-hydrogen) atoms. The van der Waals surface area contributed by atoms with Gasteiger partial charge in [-0.3, -0.25) is 15.6 Å². The van der Waals surface area contributed by atoms with Crippen LogP contribution in [0.1, 0.15) is 21.5 Å². The predicted octanol–water partition coefficient (Wildman–Crippen LogP) is 1.51. The molecule has 0 fully saturated rings. The number of rotatable bonds is 4. The van der Waals surface area contributed by atoms with E-state index in [0.29, 0.717) is 22.4 Å². The summed E-state index contributed by atoms with van der Waals surface area (Å²) in [7, 11) is 0. The fourth-order valence-corrected chi connectivity index (χ4v) is 1.77. The number of benzene rings is 2. The van der Waals surface area contributed by atoms with Crippen LogP contribution in [0.4, 0.5) is 5.69 Å². The summed E-state index contributed by atoms with van der Waals surface area (Å²) in [6.45, 7) is 0. The van der Waals surface area contributed by atoms with Crippen molar-refractivity contribution in [3.63, 3.8) is 0 Å². The minimum absolute atomic E-state index is 0.0453. The lowest BCUT2D eigenvalue weighted by Gasteiger charge is -2.07. The van der Waals surface area contributed by atoms with Crippen LogP contribution < -0.4 is 16.8 Å². The molecule has 0 heterocycles. The number of carbonyl (C=O) groups is 1. The molecule has 6 heteroatoms. The van der Waals surface area contributed by atoms with Gasteiger partial charge in [0.05, 0.1) is 0 Å². The van der Waals surface area contributed by atoms with Crippen LogP contribution in [0.3, 0.4) is 0 Å². The second kappa shape index (κ2) is 5.87. The summed E-state index contributed by atoms with van der Waals surface area (Å²) in [5.74, 6) is -0.390. The van der Waals surface area contributed by atoms with Crippen molar-refractivity contribution < 1.29 is 4.79 Å². The van der Waals surface area contributed by atoms with E-state index in [1.54, 1.807) is 48.5 Å². The van der Waals surface area contributed by atoms with E-state index in [0.717, 1.165) is 0 Å². The van der Waals surface area contributed by atoms with Gasteiger partial charge in [-0.2, -0.15) is 0 Å². The van der Waals surface area contributed by atoms with Gasteiger partial charge in [-0.1, -0.05) is 24.3 Å². The Hall–Kier alpha value is -3.15. The van der Waals surface area contributed by atoms with Crippen LogP contribution in [-0.4, -0.2) is 17.6 Å². The SMILES string of the molecule is N=C(N)c1ccc(C(=O)Nc2cccc(C(=N)N)c2)cc1. The van der Waals surface area contributed by atoms with Crippen LogP contribution in [-0.2, 0) is 0 Å². The molecule has 0 saturated heterocycles. The molecule has 0 radical (unpaired) electrons. The van der Waals surface area contributed by atoms with Gasteiger partial charge in [0.2, 0.25) is 0 Å². The maximum Gasteiger partial charge on any atom is 0.255 e. The molecule has 6 nitrogen and oxygen atoms in total. The Morgan fingerprint density at radius 3 is 2.00 bits per heavy atom. The molecule has 0 unspecified atom stereocenters. The predicted molar refractivity (Wildman–Crippen MR) is 82.9 cm³/mol. The first-order chi connectivity index (χ1) is 9.97. The Labute approximate surface area is 121 Å². The Bertz CT molecular complexity index is 706. The van der Waals surface area contributed by atoms with E-state index >= 15 is 0 Å². The third-order valence-corrected chi connectivity index (χ3v) is 2.89. The molecule has 0 bridgehead atoms. The van der Waals surface area contributed by atoms with Crippen molar-refractivity contribution in [2.45, 2.75) is 0 Å². The molecule has 106 valence electrons. The lowest BCUT2D eigenvalue weighted by atomic mass is 10.1. The lowest BCUT2D eigenvalue weighted by molar-refractivity contribution is 0.102. The first-order valence-electron chi connectivity index (χ1n) is 6.17. The topological polar surface area (TPSA) is 129 Å². The van der Waals surface area contributed by atoms with Crippen LogP contribution in [0.25, 0.3) is 0 Å². The van der Waals surface area contributed by atoms with Gasteiger partial charge in [-0.05, 0) is 24.3 Å². The number of nitrogen functional groups attached to an aromatic ring is 2. The minimum atomic E-state index is -0.286. The van der Waals surface area contributed by atoms with Gasteiger partial charge in [0.15, 0.2) is 0 Å². The minimum Gasteiger partial charge on any atom is -0.384 e. The van der Waals surface area contributed by atoms with Crippen molar-refractivity contribution in [1.82, 2.24) is 0 Å². The molecular formula is C15H15N5O. The molecule has 0 atom stereocenters. The Morgan fingerprint density at radius 1 is 0.857 bits per heavy atom. The molecule has 0 saturated carbocycles. The number of amides is 1. The van der Waals surface area contributed by atoms with Crippen LogP contribution in [0.5, 0.6) is 0 Å². The summed E-state index contributed by atoms with van der Waals surface area (Å²) in [4.78, 5) is 12.1. The molecule has 0 spiro atoms. The molecule has 2 aromatic carbocycles. The molecule has 0 aliphatic heterocycles. The van der Waals surface area contributed by atoms with E-state index in [2.05, 4.69) is 5.32 Å². The number of carbonyl (C=O) groups excluding carboxylic acids is 1. The zero-order valence-corrected chi connectivity index (χ0v) is 11.2. The highest BCUT2D eigenvalue weighted by molar-refractivity contribution is 6.06. The quantitative estimate of drug-likeness (QED) is 0.430. The highest BCUT2D eigenvalue weighted by Gasteiger charge is 2.07. The van der Waals surface area contributed by atoms with Gasteiger partial charge in [0.1, 0.15) is 11.7 Å². The van der Waals surface area contributed by atoms with E-state index in [1.807, 2.05) is 0 Å². The molecule has 0 aliphatic carbocycles. The monoisotopic (exact) mass is 281 g/mol. The van der Waals surface area contributed by atoms with Crippen LogP contribution in [0.15, 0.2) is 48.5 Å². The van der Waals surface area contributed by atoms with Gasteiger partial charge in [0.25, 0.3) is 5.91 Å². The van der Waals surface area contributed by atoms with Crippen LogP contribution in [0.2, 0.25) is 0 Å². The molecule has 2 rings (SSSR count). The molecule has 7 N–H and O–H groups in total.